The van der Waals surface area contributed by atoms with Crippen molar-refractivity contribution < 1.29 is 9.59 Å². The van der Waals surface area contributed by atoms with Gasteiger partial charge in [0.05, 0.1) is 11.0 Å². The maximum atomic E-state index is 12.9. The number of aryl methyl sites for hydroxylation is 1. The summed E-state index contributed by atoms with van der Waals surface area (Å²) in [6.07, 6.45) is 6.40. The predicted octanol–water partition coefficient (Wildman–Crippen LogP) is 2.81. The number of nitrogens with zero attached hydrogens (tertiary/aromatic N) is 4. The predicted molar refractivity (Wildman–Crippen MR) is 115 cm³/mol. The molecule has 3 aromatic rings. The van der Waals surface area contributed by atoms with Crippen molar-refractivity contribution in [3.63, 3.8) is 0 Å². The molecule has 2 amide bonds. The number of hydrogen-bond acceptors (Lipinski definition) is 4. The first kappa shape index (κ1) is 20.1. The molecule has 7 nitrogen and oxygen atoms in total. The Morgan fingerprint density at radius 2 is 1.80 bits per heavy atom. The normalized spacial score (nSPS) is 14.1. The van der Waals surface area contributed by atoms with Gasteiger partial charge in [0.25, 0.3) is 5.91 Å². The van der Waals surface area contributed by atoms with Crippen molar-refractivity contribution in [2.45, 2.75) is 38.6 Å². The quantitative estimate of drug-likeness (QED) is 0.613. The Morgan fingerprint density at radius 1 is 1.00 bits per heavy atom. The van der Waals surface area contributed by atoms with Crippen LogP contribution >= 0.6 is 0 Å². The standard InChI is InChI=1S/C23H27N5O2/c29-22(27-15-6-1-7-16-27)17-28-20-11-3-2-9-18(20)26-21(28)12-8-14-25-23(30)19-10-4-5-13-24-19/h2-5,9-11,13H,1,6-8,12,14-17H2,(H,25,30). The molecule has 30 heavy (non-hydrogen) atoms. The molecule has 1 N–H and O–H groups in total. The summed E-state index contributed by atoms with van der Waals surface area (Å²) < 4.78 is 2.03. The molecule has 4 rings (SSSR count). The third-order valence-electron chi connectivity index (χ3n) is 5.50. The van der Waals surface area contributed by atoms with Gasteiger partial charge in [-0.1, -0.05) is 18.2 Å². The summed E-state index contributed by atoms with van der Waals surface area (Å²) in [4.78, 5) is 35.8. The van der Waals surface area contributed by atoms with Gasteiger partial charge in [-0.05, 0) is 49.9 Å². The van der Waals surface area contributed by atoms with Gasteiger partial charge in [0.1, 0.15) is 18.1 Å². The molecular weight excluding hydrogens is 378 g/mol. The SMILES string of the molecule is O=C(NCCCc1nc2ccccc2n1CC(=O)N1CCCCC1)c1ccccn1. The maximum absolute atomic E-state index is 12.9. The van der Waals surface area contributed by atoms with Crippen molar-refractivity contribution in [3.8, 4) is 0 Å². The summed E-state index contributed by atoms with van der Waals surface area (Å²) in [7, 11) is 0. The van der Waals surface area contributed by atoms with Gasteiger partial charge in [0, 0.05) is 32.3 Å². The minimum absolute atomic E-state index is 0.155. The van der Waals surface area contributed by atoms with Gasteiger partial charge in [-0.25, -0.2) is 4.98 Å². The van der Waals surface area contributed by atoms with E-state index >= 15 is 0 Å². The molecule has 0 unspecified atom stereocenters. The molecule has 0 atom stereocenters. The number of pyridine rings is 1. The zero-order valence-electron chi connectivity index (χ0n) is 17.1. The molecule has 1 aliphatic heterocycles. The number of para-hydroxylation sites is 2. The number of hydrogen-bond donors (Lipinski definition) is 1. The summed E-state index contributed by atoms with van der Waals surface area (Å²) in [5, 5.41) is 2.90. The van der Waals surface area contributed by atoms with Crippen molar-refractivity contribution in [1.29, 1.82) is 0 Å². The molecule has 0 spiro atoms. The zero-order valence-corrected chi connectivity index (χ0v) is 17.1. The van der Waals surface area contributed by atoms with Crippen molar-refractivity contribution >= 4 is 22.8 Å². The molecular formula is C23H27N5O2. The third kappa shape index (κ3) is 4.67. The van der Waals surface area contributed by atoms with Gasteiger partial charge in [0.15, 0.2) is 0 Å². The molecule has 156 valence electrons. The van der Waals surface area contributed by atoms with E-state index in [1.54, 1.807) is 24.4 Å². The number of aromatic nitrogens is 3. The number of carbonyl (C=O) groups is 2. The summed E-state index contributed by atoms with van der Waals surface area (Å²) in [5.74, 6) is 0.862. The molecule has 0 bridgehead atoms. The van der Waals surface area contributed by atoms with Gasteiger partial charge < -0.3 is 14.8 Å². The Hall–Kier alpha value is -3.22. The average molecular weight is 406 g/mol. The van der Waals surface area contributed by atoms with E-state index < -0.39 is 0 Å². The first-order chi connectivity index (χ1) is 14.7. The lowest BCUT2D eigenvalue weighted by molar-refractivity contribution is -0.132. The Bertz CT molecular complexity index is 1010. The van der Waals surface area contributed by atoms with Crippen LogP contribution in [0, 0.1) is 0 Å². The second-order valence-electron chi connectivity index (χ2n) is 7.62. The summed E-state index contributed by atoms with van der Waals surface area (Å²) in [6.45, 7) is 2.54. The Labute approximate surface area is 176 Å². The highest BCUT2D eigenvalue weighted by Gasteiger charge is 2.19. The molecule has 0 saturated carbocycles. The Morgan fingerprint density at radius 3 is 2.60 bits per heavy atom. The lowest BCUT2D eigenvalue weighted by Crippen LogP contribution is -2.38. The molecule has 3 heterocycles. The van der Waals surface area contributed by atoms with Crippen LogP contribution in [0.5, 0.6) is 0 Å². The second kappa shape index (κ2) is 9.52. The number of likely N-dealkylation sites (tertiary alicyclic amines) is 1. The van der Waals surface area contributed by atoms with E-state index in [0.717, 1.165) is 49.2 Å². The number of piperidine rings is 1. The van der Waals surface area contributed by atoms with Crippen LogP contribution in [-0.2, 0) is 17.8 Å². The lowest BCUT2D eigenvalue weighted by Gasteiger charge is -2.27. The fourth-order valence-corrected chi connectivity index (χ4v) is 3.91. The van der Waals surface area contributed by atoms with E-state index in [9.17, 15) is 9.59 Å². The number of carbonyl (C=O) groups excluding carboxylic acids is 2. The van der Waals surface area contributed by atoms with E-state index in [0.29, 0.717) is 25.2 Å². The second-order valence-corrected chi connectivity index (χ2v) is 7.62. The molecule has 1 aliphatic rings. The minimum atomic E-state index is -0.177. The highest BCUT2D eigenvalue weighted by molar-refractivity contribution is 5.92. The summed E-state index contributed by atoms with van der Waals surface area (Å²) in [5.41, 5.74) is 2.30. The molecule has 1 saturated heterocycles. The van der Waals surface area contributed by atoms with Crippen LogP contribution in [0.2, 0.25) is 0 Å². The molecule has 7 heteroatoms. The number of fused-ring (bicyclic) bond motifs is 1. The van der Waals surface area contributed by atoms with Gasteiger partial charge in [0.2, 0.25) is 5.91 Å². The topological polar surface area (TPSA) is 80.1 Å². The number of benzene rings is 1. The fraction of sp³-hybridized carbons (Fsp3) is 0.391. The number of rotatable bonds is 7. The number of imidazole rings is 1. The Balaban J connectivity index is 1.41. The van der Waals surface area contributed by atoms with E-state index in [-0.39, 0.29) is 11.8 Å². The fourth-order valence-electron chi connectivity index (χ4n) is 3.91. The van der Waals surface area contributed by atoms with E-state index in [1.165, 1.54) is 6.42 Å². The van der Waals surface area contributed by atoms with Gasteiger partial charge in [-0.2, -0.15) is 0 Å². The number of amides is 2. The van der Waals surface area contributed by atoms with Crippen molar-refractivity contribution in [2.24, 2.45) is 0 Å². The molecule has 2 aromatic heterocycles. The summed E-state index contributed by atoms with van der Waals surface area (Å²) >= 11 is 0. The van der Waals surface area contributed by atoms with E-state index in [1.807, 2.05) is 33.7 Å². The molecule has 0 aliphatic carbocycles. The van der Waals surface area contributed by atoms with Gasteiger partial charge >= 0.3 is 0 Å². The lowest BCUT2D eigenvalue weighted by atomic mass is 10.1. The third-order valence-corrected chi connectivity index (χ3v) is 5.50. The van der Waals surface area contributed by atoms with Crippen LogP contribution in [-0.4, -0.2) is 50.9 Å². The molecule has 1 aromatic carbocycles. The minimum Gasteiger partial charge on any atom is -0.351 e. The van der Waals surface area contributed by atoms with E-state index in [4.69, 9.17) is 4.98 Å². The molecule has 0 radical (unpaired) electrons. The highest BCUT2D eigenvalue weighted by atomic mass is 16.2. The smallest absolute Gasteiger partial charge is 0.269 e. The first-order valence-electron chi connectivity index (χ1n) is 10.6. The zero-order chi connectivity index (χ0) is 20.8. The van der Waals surface area contributed by atoms with Crippen LogP contribution < -0.4 is 5.32 Å². The Kier molecular flexibility index (Phi) is 6.37. The highest BCUT2D eigenvalue weighted by Crippen LogP contribution is 2.18. The van der Waals surface area contributed by atoms with Crippen molar-refractivity contribution in [3.05, 3.63) is 60.2 Å². The average Bonchev–Trinajstić information content (AvgIpc) is 3.15. The van der Waals surface area contributed by atoms with Gasteiger partial charge in [-0.15, -0.1) is 0 Å². The molecule has 1 fully saturated rings. The first-order valence-corrected chi connectivity index (χ1v) is 10.6. The maximum Gasteiger partial charge on any atom is 0.269 e. The van der Waals surface area contributed by atoms with Crippen molar-refractivity contribution in [1.82, 2.24) is 24.8 Å². The summed E-state index contributed by atoms with van der Waals surface area (Å²) in [6, 6.07) is 13.2. The van der Waals surface area contributed by atoms with Crippen LogP contribution in [0.4, 0.5) is 0 Å². The van der Waals surface area contributed by atoms with Gasteiger partial charge in [-0.3, -0.25) is 14.6 Å². The van der Waals surface area contributed by atoms with Crippen LogP contribution in [0.15, 0.2) is 48.7 Å². The monoisotopic (exact) mass is 405 g/mol. The van der Waals surface area contributed by atoms with E-state index in [2.05, 4.69) is 10.3 Å². The van der Waals surface area contributed by atoms with Crippen molar-refractivity contribution in [2.75, 3.05) is 19.6 Å². The van der Waals surface area contributed by atoms with Crippen LogP contribution in [0.3, 0.4) is 0 Å². The van der Waals surface area contributed by atoms with Crippen LogP contribution in [0.1, 0.15) is 42.0 Å². The van der Waals surface area contributed by atoms with Crippen LogP contribution in [0.25, 0.3) is 11.0 Å². The largest absolute Gasteiger partial charge is 0.351 e. The number of nitrogens with one attached hydrogen (secondary N) is 1.